The average molecular weight is 529 g/mol. The monoisotopic (exact) mass is 528 g/mol. The summed E-state index contributed by atoms with van der Waals surface area (Å²) in [4.78, 5) is 0. The highest BCUT2D eigenvalue weighted by atomic mass is 16.5. The Labute approximate surface area is 231 Å². The van der Waals surface area contributed by atoms with Crippen molar-refractivity contribution in [2.45, 2.75) is 25.7 Å². The van der Waals surface area contributed by atoms with Crippen molar-refractivity contribution in [2.75, 3.05) is 35.5 Å². The molecule has 0 saturated carbocycles. The maximum Gasteiger partial charge on any atom is 0.160 e. The van der Waals surface area contributed by atoms with Crippen LogP contribution >= 0.6 is 0 Å². The van der Waals surface area contributed by atoms with Crippen LogP contribution in [-0.4, -0.2) is 35.5 Å². The highest BCUT2D eigenvalue weighted by Crippen LogP contribution is 2.32. The summed E-state index contributed by atoms with van der Waals surface area (Å²) >= 11 is 0. The van der Waals surface area contributed by atoms with E-state index in [0.29, 0.717) is 11.5 Å². The first-order valence-electron chi connectivity index (χ1n) is 12.9. The summed E-state index contributed by atoms with van der Waals surface area (Å²) in [5.74, 6) is 5.24. The predicted octanol–water partition coefficient (Wildman–Crippen LogP) is 7.09. The van der Waals surface area contributed by atoms with Gasteiger partial charge in [-0.25, -0.2) is 0 Å². The molecule has 0 aliphatic carbocycles. The van der Waals surface area contributed by atoms with Gasteiger partial charge in [0.25, 0.3) is 0 Å². The second-order valence-electron chi connectivity index (χ2n) is 9.18. The molecule has 6 heteroatoms. The average Bonchev–Trinajstić information content (AvgIpc) is 2.98. The molecule has 39 heavy (non-hydrogen) atoms. The Morgan fingerprint density at radius 1 is 0.385 bits per heavy atom. The molecular weight excluding hydrogens is 492 g/mol. The molecule has 0 amide bonds. The molecule has 0 heterocycles. The van der Waals surface area contributed by atoms with Crippen molar-refractivity contribution in [3.05, 3.63) is 101 Å². The summed E-state index contributed by atoms with van der Waals surface area (Å²) in [7, 11) is 8.31. The van der Waals surface area contributed by atoms with Gasteiger partial charge in [0.2, 0.25) is 0 Å². The first-order chi connectivity index (χ1) is 19.0. The second-order valence-corrected chi connectivity index (χ2v) is 9.18. The number of ether oxygens (including phenoxy) is 6. The van der Waals surface area contributed by atoms with Gasteiger partial charge in [0.15, 0.2) is 11.5 Å². The van der Waals surface area contributed by atoms with Crippen molar-refractivity contribution >= 4 is 0 Å². The molecule has 4 aromatic rings. The Balaban J connectivity index is 1.49. The van der Waals surface area contributed by atoms with Crippen LogP contribution in [0.25, 0.3) is 0 Å². The SMILES string of the molecule is COc1cccc(CCc2cc(OC)cc(Oc3cc(CCc4ccc(OC)c(OC)c4)cc(OC)c3)c2)c1. The molecule has 4 aromatic carbocycles. The van der Waals surface area contributed by atoms with Crippen molar-refractivity contribution in [3.63, 3.8) is 0 Å². The number of hydrogen-bond donors (Lipinski definition) is 0. The molecule has 0 bridgehead atoms. The Bertz CT molecular complexity index is 1380. The van der Waals surface area contributed by atoms with E-state index in [4.69, 9.17) is 28.4 Å². The number of methoxy groups -OCH3 is 5. The molecule has 0 N–H and O–H groups in total. The largest absolute Gasteiger partial charge is 0.497 e. The smallest absolute Gasteiger partial charge is 0.160 e. The Hall–Kier alpha value is -4.32. The molecule has 4 rings (SSSR count). The summed E-state index contributed by atoms with van der Waals surface area (Å²) in [5, 5.41) is 0. The van der Waals surface area contributed by atoms with Gasteiger partial charge in [0, 0.05) is 12.1 Å². The number of rotatable bonds is 13. The van der Waals surface area contributed by atoms with Crippen molar-refractivity contribution in [1.29, 1.82) is 0 Å². The van der Waals surface area contributed by atoms with Crippen LogP contribution in [0.2, 0.25) is 0 Å². The maximum atomic E-state index is 6.34. The van der Waals surface area contributed by atoms with Gasteiger partial charge in [-0.3, -0.25) is 0 Å². The predicted molar refractivity (Wildman–Crippen MR) is 153 cm³/mol. The lowest BCUT2D eigenvalue weighted by molar-refractivity contribution is 0.354. The van der Waals surface area contributed by atoms with E-state index in [2.05, 4.69) is 30.3 Å². The Kier molecular flexibility index (Phi) is 9.57. The van der Waals surface area contributed by atoms with Crippen LogP contribution in [-0.2, 0) is 25.7 Å². The van der Waals surface area contributed by atoms with E-state index in [1.54, 1.807) is 35.5 Å². The van der Waals surface area contributed by atoms with Gasteiger partial charge in [0.05, 0.1) is 35.5 Å². The van der Waals surface area contributed by atoms with E-state index in [-0.39, 0.29) is 0 Å². The van der Waals surface area contributed by atoms with Gasteiger partial charge < -0.3 is 28.4 Å². The molecule has 204 valence electrons. The fourth-order valence-corrected chi connectivity index (χ4v) is 4.48. The van der Waals surface area contributed by atoms with Crippen LogP contribution in [0, 0.1) is 0 Å². The van der Waals surface area contributed by atoms with Crippen LogP contribution in [0.3, 0.4) is 0 Å². The third kappa shape index (κ3) is 7.60. The zero-order chi connectivity index (χ0) is 27.6. The molecule has 0 radical (unpaired) electrons. The quantitative estimate of drug-likeness (QED) is 0.185. The molecule has 6 nitrogen and oxygen atoms in total. The van der Waals surface area contributed by atoms with Gasteiger partial charge in [-0.15, -0.1) is 0 Å². The lowest BCUT2D eigenvalue weighted by Crippen LogP contribution is -1.97. The first kappa shape index (κ1) is 27.7. The van der Waals surface area contributed by atoms with Crippen molar-refractivity contribution in [1.82, 2.24) is 0 Å². The summed E-state index contributed by atoms with van der Waals surface area (Å²) in [6.07, 6.45) is 3.37. The van der Waals surface area contributed by atoms with Gasteiger partial charge >= 0.3 is 0 Å². The molecule has 0 fully saturated rings. The van der Waals surface area contributed by atoms with E-state index in [9.17, 15) is 0 Å². The second kappa shape index (κ2) is 13.5. The minimum Gasteiger partial charge on any atom is -0.497 e. The Morgan fingerprint density at radius 3 is 1.41 bits per heavy atom. The van der Waals surface area contributed by atoms with Crippen molar-refractivity contribution < 1.29 is 28.4 Å². The number of aryl methyl sites for hydroxylation is 4. The van der Waals surface area contributed by atoms with Crippen LogP contribution in [0.1, 0.15) is 22.3 Å². The third-order valence-electron chi connectivity index (χ3n) is 6.57. The molecule has 0 saturated heterocycles. The lowest BCUT2D eigenvalue weighted by atomic mass is 10.0. The zero-order valence-electron chi connectivity index (χ0n) is 23.3. The maximum absolute atomic E-state index is 6.34. The van der Waals surface area contributed by atoms with Gasteiger partial charge in [-0.2, -0.15) is 0 Å². The van der Waals surface area contributed by atoms with E-state index >= 15 is 0 Å². The van der Waals surface area contributed by atoms with Crippen LogP contribution in [0.4, 0.5) is 0 Å². The normalized spacial score (nSPS) is 10.6. The molecule has 0 atom stereocenters. The van der Waals surface area contributed by atoms with Crippen LogP contribution in [0.5, 0.6) is 40.2 Å². The van der Waals surface area contributed by atoms with E-state index in [1.807, 2.05) is 48.5 Å². The van der Waals surface area contributed by atoms with E-state index in [0.717, 1.165) is 71.1 Å². The fraction of sp³-hybridized carbons (Fsp3) is 0.273. The summed E-state index contributed by atoms with van der Waals surface area (Å²) in [6.45, 7) is 0. The van der Waals surface area contributed by atoms with E-state index in [1.165, 1.54) is 5.56 Å². The van der Waals surface area contributed by atoms with Crippen LogP contribution in [0.15, 0.2) is 78.9 Å². The lowest BCUT2D eigenvalue weighted by Gasteiger charge is -2.14. The topological polar surface area (TPSA) is 55.4 Å². The molecule has 0 aliphatic rings. The third-order valence-corrected chi connectivity index (χ3v) is 6.57. The summed E-state index contributed by atoms with van der Waals surface area (Å²) in [6, 6.07) is 26.2. The van der Waals surface area contributed by atoms with Gasteiger partial charge in [-0.05, 0) is 96.5 Å². The highest BCUT2D eigenvalue weighted by molar-refractivity contribution is 5.46. The fourth-order valence-electron chi connectivity index (χ4n) is 4.48. The molecule has 0 aromatic heterocycles. The van der Waals surface area contributed by atoms with Crippen molar-refractivity contribution in [2.24, 2.45) is 0 Å². The first-order valence-corrected chi connectivity index (χ1v) is 12.9. The number of benzene rings is 4. The van der Waals surface area contributed by atoms with Gasteiger partial charge in [0.1, 0.15) is 28.7 Å². The molecular formula is C33H36O6. The standard InChI is InChI=1S/C33H36O6/c1-34-27-8-6-7-23(15-27)9-11-25-16-28(35-2)21-30(18-25)39-31-19-26(17-29(22-31)36-3)12-10-24-13-14-32(37-4)33(20-24)38-5/h6-8,13-22H,9-12H2,1-5H3. The van der Waals surface area contributed by atoms with Crippen LogP contribution < -0.4 is 28.4 Å². The summed E-state index contributed by atoms with van der Waals surface area (Å²) in [5.41, 5.74) is 4.61. The molecule has 0 unspecified atom stereocenters. The molecule has 0 aliphatic heterocycles. The van der Waals surface area contributed by atoms with Crippen molar-refractivity contribution in [3.8, 4) is 40.2 Å². The Morgan fingerprint density at radius 2 is 0.872 bits per heavy atom. The minimum atomic E-state index is 0.712. The minimum absolute atomic E-state index is 0.712. The number of hydrogen-bond acceptors (Lipinski definition) is 6. The van der Waals surface area contributed by atoms with E-state index < -0.39 is 0 Å². The molecule has 0 spiro atoms. The van der Waals surface area contributed by atoms with Gasteiger partial charge in [-0.1, -0.05) is 18.2 Å². The summed E-state index contributed by atoms with van der Waals surface area (Å²) < 4.78 is 33.6. The zero-order valence-corrected chi connectivity index (χ0v) is 23.3. The highest BCUT2D eigenvalue weighted by Gasteiger charge is 2.10.